The van der Waals surface area contributed by atoms with Crippen molar-refractivity contribution in [1.82, 2.24) is 4.90 Å². The van der Waals surface area contributed by atoms with Gasteiger partial charge in [0.05, 0.1) is 0 Å². The molecule has 1 atom stereocenters. The number of nitrogens with zero attached hydrogens (tertiary/aromatic N) is 1. The summed E-state index contributed by atoms with van der Waals surface area (Å²) in [6.45, 7) is 24.5. The highest BCUT2D eigenvalue weighted by atomic mass is 15.1. The lowest BCUT2D eigenvalue weighted by Gasteiger charge is -2.31. The van der Waals surface area contributed by atoms with Crippen LogP contribution in [0.15, 0.2) is 70.5 Å². The summed E-state index contributed by atoms with van der Waals surface area (Å²) < 4.78 is 0. The molecule has 1 saturated heterocycles. The number of nitrogens with two attached hydrogens (primary N) is 1. The Morgan fingerprint density at radius 3 is 2.24 bits per heavy atom. The maximum Gasteiger partial charge on any atom is 0.0426 e. The van der Waals surface area contributed by atoms with Crippen molar-refractivity contribution in [2.24, 2.45) is 11.7 Å². The van der Waals surface area contributed by atoms with Gasteiger partial charge in [0.2, 0.25) is 0 Å². The van der Waals surface area contributed by atoms with E-state index in [0.29, 0.717) is 5.92 Å². The van der Waals surface area contributed by atoms with E-state index >= 15 is 0 Å². The first kappa shape index (κ1) is 32.7. The minimum absolute atomic E-state index is 0.628. The number of likely N-dealkylation sites (tertiary alicyclic amines) is 1. The molecule has 1 aliphatic heterocycles. The Bertz CT molecular complexity index is 986. The molecule has 2 N–H and O–H groups in total. The van der Waals surface area contributed by atoms with Crippen molar-refractivity contribution in [3.63, 3.8) is 0 Å². The third kappa shape index (κ3) is 9.82. The largest absolute Gasteiger partial charge is 0.398 e. The van der Waals surface area contributed by atoms with Gasteiger partial charge in [-0.25, -0.2) is 0 Å². The topological polar surface area (TPSA) is 29.3 Å². The van der Waals surface area contributed by atoms with Crippen LogP contribution in [0.2, 0.25) is 0 Å². The molecular formula is C35H56N2. The van der Waals surface area contributed by atoms with E-state index in [2.05, 4.69) is 88.9 Å². The Hall–Kier alpha value is -2.32. The Kier molecular flexibility index (Phi) is 15.2. The maximum absolute atomic E-state index is 6.93. The zero-order chi connectivity index (χ0) is 28.0. The van der Waals surface area contributed by atoms with Gasteiger partial charge in [0.15, 0.2) is 0 Å². The molecule has 206 valence electrons. The van der Waals surface area contributed by atoms with Crippen LogP contribution in [0.1, 0.15) is 105 Å². The molecule has 1 aromatic rings. The average molecular weight is 505 g/mol. The lowest BCUT2D eigenvalue weighted by Crippen LogP contribution is -2.33. The lowest BCUT2D eigenvalue weighted by molar-refractivity contribution is 0.279. The maximum atomic E-state index is 6.93. The molecule has 0 amide bonds. The minimum atomic E-state index is 0.628. The predicted octanol–water partition coefficient (Wildman–Crippen LogP) is 9.57. The number of piperidine rings is 1. The molecule has 2 nitrogen and oxygen atoms in total. The number of hydrogen-bond acceptors (Lipinski definition) is 2. The molecule has 3 rings (SSSR count). The molecule has 1 aliphatic carbocycles. The van der Waals surface area contributed by atoms with Crippen LogP contribution in [0.5, 0.6) is 0 Å². The number of fused-ring (bicyclic) bond motifs is 1. The molecule has 0 aromatic heterocycles. The summed E-state index contributed by atoms with van der Waals surface area (Å²) in [4.78, 5) is 2.61. The fourth-order valence-electron chi connectivity index (χ4n) is 5.11. The summed E-state index contributed by atoms with van der Waals surface area (Å²) in [7, 11) is 0. The third-order valence-electron chi connectivity index (χ3n) is 7.01. The monoisotopic (exact) mass is 504 g/mol. The Labute approximate surface area is 230 Å². The molecule has 0 radical (unpaired) electrons. The number of benzene rings is 1. The van der Waals surface area contributed by atoms with Crippen LogP contribution < -0.4 is 5.73 Å². The first-order valence-electron chi connectivity index (χ1n) is 14.8. The van der Waals surface area contributed by atoms with Crippen LogP contribution in [0.25, 0.3) is 5.57 Å². The SMILES string of the molecule is C/C=C\C(=C/C(C)CC)CN1CCC(=C2C(N)=C(C=C(C)C)CCc3cc(C)ccc32)CC1.CC.CC. The fourth-order valence-corrected chi connectivity index (χ4v) is 5.11. The minimum Gasteiger partial charge on any atom is -0.398 e. The van der Waals surface area contributed by atoms with Crippen LogP contribution in [0, 0.1) is 12.8 Å². The number of aryl methyl sites for hydroxylation is 2. The van der Waals surface area contributed by atoms with Crippen molar-refractivity contribution in [1.29, 1.82) is 0 Å². The van der Waals surface area contributed by atoms with Crippen LogP contribution in [0.4, 0.5) is 0 Å². The summed E-state index contributed by atoms with van der Waals surface area (Å²) in [6, 6.07) is 6.93. The van der Waals surface area contributed by atoms with Gasteiger partial charge in [-0.2, -0.15) is 0 Å². The van der Waals surface area contributed by atoms with E-state index in [1.807, 2.05) is 27.7 Å². The number of rotatable bonds is 6. The van der Waals surface area contributed by atoms with E-state index in [0.717, 1.165) is 51.0 Å². The van der Waals surface area contributed by atoms with E-state index in [4.69, 9.17) is 5.73 Å². The van der Waals surface area contributed by atoms with Gasteiger partial charge in [0.25, 0.3) is 0 Å². The van der Waals surface area contributed by atoms with Crippen molar-refractivity contribution in [3.8, 4) is 0 Å². The Morgan fingerprint density at radius 1 is 1.03 bits per heavy atom. The molecule has 1 heterocycles. The van der Waals surface area contributed by atoms with E-state index in [-0.39, 0.29) is 0 Å². The smallest absolute Gasteiger partial charge is 0.0426 e. The summed E-state index contributed by atoms with van der Waals surface area (Å²) in [5.74, 6) is 0.628. The highest BCUT2D eigenvalue weighted by molar-refractivity contribution is 5.84. The summed E-state index contributed by atoms with van der Waals surface area (Å²) >= 11 is 0. The molecule has 0 bridgehead atoms. The van der Waals surface area contributed by atoms with Gasteiger partial charge in [-0.1, -0.05) is 107 Å². The van der Waals surface area contributed by atoms with E-state index in [1.165, 1.54) is 51.0 Å². The highest BCUT2D eigenvalue weighted by Gasteiger charge is 2.24. The third-order valence-corrected chi connectivity index (χ3v) is 7.01. The molecule has 0 saturated carbocycles. The predicted molar refractivity (Wildman–Crippen MR) is 168 cm³/mol. The second-order valence-electron chi connectivity index (χ2n) is 10.2. The van der Waals surface area contributed by atoms with Crippen molar-refractivity contribution in [2.75, 3.05) is 19.6 Å². The molecule has 0 spiro atoms. The molecule has 1 fully saturated rings. The fraction of sp³-hybridized carbons (Fsp3) is 0.543. The van der Waals surface area contributed by atoms with Gasteiger partial charge in [-0.05, 0) is 81.6 Å². The first-order valence-corrected chi connectivity index (χ1v) is 14.8. The molecule has 2 aliphatic rings. The van der Waals surface area contributed by atoms with Crippen LogP contribution in [0.3, 0.4) is 0 Å². The van der Waals surface area contributed by atoms with Gasteiger partial charge in [-0.15, -0.1) is 0 Å². The average Bonchev–Trinajstić information content (AvgIpc) is 3.03. The Balaban J connectivity index is 0.00000163. The van der Waals surface area contributed by atoms with Crippen LogP contribution in [-0.2, 0) is 6.42 Å². The van der Waals surface area contributed by atoms with Gasteiger partial charge in [0, 0.05) is 30.9 Å². The standard InChI is InChI=1S/C31H44N2.2C2H6/c1-7-9-25(19-23(5)8-2)21-33-16-14-26(15-17-33)30-29-13-10-24(6)20-27(29)11-12-28(31(30)32)18-22(3)4;2*1-2/h7,9-10,13,18-20,23H,8,11-12,14-17,21,32H2,1-6H3;2*1-2H3/b9-7-,25-19+;;. The first-order chi connectivity index (χ1) is 17.8. The molecule has 2 heteroatoms. The van der Waals surface area contributed by atoms with Crippen molar-refractivity contribution in [2.45, 2.75) is 101 Å². The highest BCUT2D eigenvalue weighted by Crippen LogP contribution is 2.38. The summed E-state index contributed by atoms with van der Waals surface area (Å²) in [5, 5.41) is 0. The van der Waals surface area contributed by atoms with Gasteiger partial charge in [-0.3, -0.25) is 4.90 Å². The second kappa shape index (κ2) is 17.2. The van der Waals surface area contributed by atoms with Crippen molar-refractivity contribution in [3.05, 3.63) is 87.2 Å². The summed E-state index contributed by atoms with van der Waals surface area (Å²) in [5.41, 5.74) is 19.0. The van der Waals surface area contributed by atoms with E-state index < -0.39 is 0 Å². The van der Waals surface area contributed by atoms with Gasteiger partial charge < -0.3 is 5.73 Å². The van der Waals surface area contributed by atoms with Crippen molar-refractivity contribution < 1.29 is 0 Å². The molecule has 1 unspecified atom stereocenters. The number of hydrogen-bond donors (Lipinski definition) is 1. The van der Waals surface area contributed by atoms with E-state index in [9.17, 15) is 0 Å². The van der Waals surface area contributed by atoms with Crippen LogP contribution >= 0.6 is 0 Å². The molecule has 37 heavy (non-hydrogen) atoms. The molecular weight excluding hydrogens is 448 g/mol. The van der Waals surface area contributed by atoms with Crippen LogP contribution in [-0.4, -0.2) is 24.5 Å². The summed E-state index contributed by atoms with van der Waals surface area (Å²) in [6.07, 6.45) is 14.7. The van der Waals surface area contributed by atoms with Crippen molar-refractivity contribution >= 4 is 5.57 Å². The normalized spacial score (nSPS) is 17.3. The molecule has 1 aromatic carbocycles. The Morgan fingerprint density at radius 2 is 1.68 bits per heavy atom. The van der Waals surface area contributed by atoms with Gasteiger partial charge in [0.1, 0.15) is 0 Å². The second-order valence-corrected chi connectivity index (χ2v) is 10.2. The quantitative estimate of drug-likeness (QED) is 0.391. The zero-order valence-electron chi connectivity index (χ0n) is 25.8. The lowest BCUT2D eigenvalue weighted by atomic mass is 9.88. The van der Waals surface area contributed by atoms with E-state index in [1.54, 1.807) is 0 Å². The van der Waals surface area contributed by atoms with Gasteiger partial charge >= 0.3 is 0 Å². The zero-order valence-corrected chi connectivity index (χ0v) is 25.8. The number of allylic oxidation sites excluding steroid dienone is 6.